The van der Waals surface area contributed by atoms with Gasteiger partial charge in [0.15, 0.2) is 0 Å². The van der Waals surface area contributed by atoms with Crippen molar-refractivity contribution in [3.63, 3.8) is 0 Å². The Labute approximate surface area is 264 Å². The summed E-state index contributed by atoms with van der Waals surface area (Å²) in [5, 5.41) is 0. The molecule has 0 saturated heterocycles. The largest absolute Gasteiger partial charge is 0.494 e. The molecular formula is C37H61O5P. The maximum Gasteiger partial charge on any atom is 0.342 e. The van der Waals surface area contributed by atoms with Gasteiger partial charge in [0, 0.05) is 0 Å². The molecule has 0 radical (unpaired) electrons. The molecular weight excluding hydrogens is 555 g/mol. The van der Waals surface area contributed by atoms with Crippen molar-refractivity contribution in [2.75, 3.05) is 26.4 Å². The summed E-state index contributed by atoms with van der Waals surface area (Å²) >= 11 is 0. The van der Waals surface area contributed by atoms with Crippen molar-refractivity contribution in [1.29, 1.82) is 0 Å². The molecule has 0 spiro atoms. The van der Waals surface area contributed by atoms with Gasteiger partial charge in [0.05, 0.1) is 26.4 Å². The maximum absolute atomic E-state index is 14.6. The maximum atomic E-state index is 14.6. The third-order valence-electron chi connectivity index (χ3n) is 7.78. The van der Waals surface area contributed by atoms with Crippen molar-refractivity contribution < 1.29 is 23.1 Å². The van der Waals surface area contributed by atoms with Crippen molar-refractivity contribution in [1.82, 2.24) is 0 Å². The Morgan fingerprint density at radius 3 is 1.19 bits per heavy atom. The zero-order valence-electron chi connectivity index (χ0n) is 27.8. The van der Waals surface area contributed by atoms with E-state index >= 15 is 0 Å². The van der Waals surface area contributed by atoms with Crippen LogP contribution in [0.15, 0.2) is 48.5 Å². The monoisotopic (exact) mass is 616 g/mol. The Bertz CT molecular complexity index is 900. The molecule has 2 rings (SSSR count). The summed E-state index contributed by atoms with van der Waals surface area (Å²) in [6.45, 7) is 11.0. The topological polar surface area (TPSA) is 54.0 Å². The summed E-state index contributed by atoms with van der Waals surface area (Å²) in [4.78, 5) is 0. The van der Waals surface area contributed by atoms with Crippen LogP contribution < -0.4 is 9.47 Å². The minimum atomic E-state index is -3.52. The van der Waals surface area contributed by atoms with Gasteiger partial charge in [-0.2, -0.15) is 0 Å². The lowest BCUT2D eigenvalue weighted by molar-refractivity contribution is 0.195. The molecule has 0 fully saturated rings. The van der Waals surface area contributed by atoms with Crippen molar-refractivity contribution in [2.45, 2.75) is 136 Å². The van der Waals surface area contributed by atoms with E-state index in [-0.39, 0.29) is 0 Å². The summed E-state index contributed by atoms with van der Waals surface area (Å²) in [6, 6.07) is 16.0. The third kappa shape index (κ3) is 15.2. The van der Waals surface area contributed by atoms with Gasteiger partial charge in [-0.05, 0) is 61.1 Å². The summed E-state index contributed by atoms with van der Waals surface area (Å²) in [7, 11) is -3.52. The van der Waals surface area contributed by atoms with Crippen LogP contribution in [0, 0.1) is 0 Å². The molecule has 2 aromatic carbocycles. The van der Waals surface area contributed by atoms with E-state index in [0.29, 0.717) is 26.4 Å². The van der Waals surface area contributed by atoms with E-state index in [1.807, 2.05) is 48.5 Å². The Morgan fingerprint density at radius 2 is 0.814 bits per heavy atom. The fraction of sp³-hybridized carbons (Fsp3) is 0.676. The van der Waals surface area contributed by atoms with Crippen LogP contribution in [0.2, 0.25) is 0 Å². The van der Waals surface area contributed by atoms with Crippen LogP contribution in [-0.4, -0.2) is 26.4 Å². The summed E-state index contributed by atoms with van der Waals surface area (Å²) in [5.41, 5.74) is 1.29. The number of unbranched alkanes of at least 4 members (excludes halogenated alkanes) is 12. The van der Waals surface area contributed by atoms with Crippen LogP contribution in [-0.2, 0) is 13.6 Å². The van der Waals surface area contributed by atoms with Gasteiger partial charge in [0.25, 0.3) is 0 Å². The molecule has 0 heterocycles. The third-order valence-corrected chi connectivity index (χ3v) is 10.1. The minimum Gasteiger partial charge on any atom is -0.494 e. The quantitative estimate of drug-likeness (QED) is 0.0738. The Balaban J connectivity index is 2.16. The Kier molecular flexibility index (Phi) is 20.5. The highest BCUT2D eigenvalue weighted by molar-refractivity contribution is 7.54. The van der Waals surface area contributed by atoms with Crippen molar-refractivity contribution in [3.8, 4) is 11.5 Å². The van der Waals surface area contributed by atoms with Crippen LogP contribution >= 0.6 is 7.60 Å². The van der Waals surface area contributed by atoms with Gasteiger partial charge in [-0.3, -0.25) is 4.57 Å². The van der Waals surface area contributed by atoms with Crippen molar-refractivity contribution >= 4 is 7.60 Å². The number of benzene rings is 2. The van der Waals surface area contributed by atoms with Gasteiger partial charge in [-0.15, -0.1) is 0 Å². The molecule has 0 aromatic heterocycles. The van der Waals surface area contributed by atoms with Gasteiger partial charge < -0.3 is 18.5 Å². The van der Waals surface area contributed by atoms with E-state index in [0.717, 1.165) is 61.2 Å². The Hall–Kier alpha value is -1.81. The summed E-state index contributed by atoms with van der Waals surface area (Å²) < 4.78 is 39.0. The van der Waals surface area contributed by atoms with Crippen molar-refractivity contribution in [3.05, 3.63) is 59.7 Å². The lowest BCUT2D eigenvalue weighted by Gasteiger charge is -2.28. The van der Waals surface area contributed by atoms with E-state index in [9.17, 15) is 4.57 Å². The van der Waals surface area contributed by atoms with Crippen LogP contribution in [0.3, 0.4) is 0 Å². The molecule has 0 unspecified atom stereocenters. The standard InChI is InChI=1S/C37H61O5P/c1-5-9-13-15-17-19-29-39-35-25-21-33(22-26-35)37(43(38,41-31-11-7-3)42-32-12-8-4)34-23-27-36(28-24-34)40-30-20-18-16-14-10-6-2/h21-28,37H,5-20,29-32H2,1-4H3. The molecule has 43 heavy (non-hydrogen) atoms. The number of rotatable bonds is 27. The average molecular weight is 617 g/mol. The lowest BCUT2D eigenvalue weighted by Crippen LogP contribution is -2.10. The number of hydrogen-bond donors (Lipinski definition) is 0. The second kappa shape index (κ2) is 23.6. The fourth-order valence-electron chi connectivity index (χ4n) is 5.05. The molecule has 0 N–H and O–H groups in total. The van der Waals surface area contributed by atoms with E-state index < -0.39 is 13.3 Å². The first-order valence-electron chi connectivity index (χ1n) is 17.4. The lowest BCUT2D eigenvalue weighted by atomic mass is 10.0. The highest BCUT2D eigenvalue weighted by Crippen LogP contribution is 2.64. The molecule has 0 aliphatic rings. The van der Waals surface area contributed by atoms with Gasteiger partial charge >= 0.3 is 7.60 Å². The SMILES string of the molecule is CCCCCCCCOc1ccc(C(c2ccc(OCCCCCCCC)cc2)P(=O)(OCCCC)OCCCC)cc1. The zero-order valence-corrected chi connectivity index (χ0v) is 28.7. The second-order valence-electron chi connectivity index (χ2n) is 11.7. The van der Waals surface area contributed by atoms with E-state index in [4.69, 9.17) is 18.5 Å². The fourth-order valence-corrected chi connectivity index (χ4v) is 7.27. The van der Waals surface area contributed by atoms with Gasteiger partial charge in [-0.25, -0.2) is 0 Å². The van der Waals surface area contributed by atoms with E-state index in [1.165, 1.54) is 64.2 Å². The zero-order chi connectivity index (χ0) is 31.0. The first-order valence-corrected chi connectivity index (χ1v) is 19.0. The molecule has 5 nitrogen and oxygen atoms in total. The highest BCUT2D eigenvalue weighted by Gasteiger charge is 2.38. The van der Waals surface area contributed by atoms with Crippen LogP contribution in [0.4, 0.5) is 0 Å². The molecule has 2 aromatic rings. The first kappa shape index (κ1) is 37.4. The molecule has 0 bridgehead atoms. The molecule has 0 saturated carbocycles. The Morgan fingerprint density at radius 1 is 0.465 bits per heavy atom. The molecule has 244 valence electrons. The van der Waals surface area contributed by atoms with Gasteiger partial charge in [0.2, 0.25) is 0 Å². The van der Waals surface area contributed by atoms with Crippen LogP contribution in [0.25, 0.3) is 0 Å². The van der Waals surface area contributed by atoms with Gasteiger partial charge in [-0.1, -0.05) is 129 Å². The molecule has 0 amide bonds. The first-order chi connectivity index (χ1) is 21.1. The second-order valence-corrected chi connectivity index (χ2v) is 13.8. The van der Waals surface area contributed by atoms with Crippen LogP contribution in [0.5, 0.6) is 11.5 Å². The number of ether oxygens (including phenoxy) is 2. The summed E-state index contributed by atoms with van der Waals surface area (Å²) in [6.07, 6.45) is 18.4. The van der Waals surface area contributed by atoms with E-state index in [2.05, 4.69) is 27.7 Å². The predicted molar refractivity (Wildman–Crippen MR) is 182 cm³/mol. The normalized spacial score (nSPS) is 11.7. The molecule has 0 atom stereocenters. The minimum absolute atomic E-state index is 0.412. The predicted octanol–water partition coefficient (Wildman–Crippen LogP) is 12.1. The average Bonchev–Trinajstić information content (AvgIpc) is 3.02. The van der Waals surface area contributed by atoms with Crippen LogP contribution in [0.1, 0.15) is 147 Å². The smallest absolute Gasteiger partial charge is 0.342 e. The molecule has 0 aliphatic heterocycles. The molecule has 0 aliphatic carbocycles. The highest BCUT2D eigenvalue weighted by atomic mass is 31.2. The van der Waals surface area contributed by atoms with Crippen molar-refractivity contribution in [2.24, 2.45) is 0 Å². The van der Waals surface area contributed by atoms with E-state index in [1.54, 1.807) is 0 Å². The number of hydrogen-bond acceptors (Lipinski definition) is 5. The summed E-state index contributed by atoms with van der Waals surface area (Å²) in [5.74, 6) is 1.67. The van der Waals surface area contributed by atoms with Gasteiger partial charge in [0.1, 0.15) is 17.2 Å². The molecule has 6 heteroatoms.